The second kappa shape index (κ2) is 6.24. The number of likely N-dealkylation sites (N-methyl/N-ethyl adjacent to an activating group) is 1. The van der Waals surface area contributed by atoms with E-state index >= 15 is 0 Å². The van der Waals surface area contributed by atoms with Crippen LogP contribution in [0.3, 0.4) is 0 Å². The van der Waals surface area contributed by atoms with Crippen molar-refractivity contribution in [2.24, 2.45) is 5.18 Å². The first-order valence-electron chi connectivity index (χ1n) is 5.01. The molecule has 17 heavy (non-hydrogen) atoms. The Kier molecular flexibility index (Phi) is 4.96. The lowest BCUT2D eigenvalue weighted by Crippen LogP contribution is -2.35. The van der Waals surface area contributed by atoms with E-state index in [1.54, 1.807) is 12.1 Å². The quantitative estimate of drug-likeness (QED) is 0.739. The van der Waals surface area contributed by atoms with Crippen molar-refractivity contribution in [3.8, 4) is 0 Å². The number of nitroso groups, excluding NO2 is 1. The fraction of sp³-hybridized carbons (Fsp3) is 0.364. The van der Waals surface area contributed by atoms with E-state index in [0.29, 0.717) is 0 Å². The Hall–Kier alpha value is -1.56. The highest BCUT2D eigenvalue weighted by molar-refractivity contribution is 7.85. The van der Waals surface area contributed by atoms with Crippen LogP contribution in [0.5, 0.6) is 0 Å². The monoisotopic (exact) mass is 254 g/mol. The van der Waals surface area contributed by atoms with Crippen molar-refractivity contribution >= 4 is 16.7 Å². The summed E-state index contributed by atoms with van der Waals surface area (Å²) in [5.41, 5.74) is 0.811. The van der Waals surface area contributed by atoms with Gasteiger partial charge in [-0.3, -0.25) is 9.00 Å². The number of carbonyl (C=O) groups is 1. The third kappa shape index (κ3) is 3.74. The molecule has 0 bridgehead atoms. The molecule has 0 aliphatic rings. The third-order valence-corrected chi connectivity index (χ3v) is 3.55. The van der Waals surface area contributed by atoms with Crippen LogP contribution < -0.4 is 0 Å². The van der Waals surface area contributed by atoms with Gasteiger partial charge in [-0.25, -0.2) is 0 Å². The zero-order valence-electron chi connectivity index (χ0n) is 9.70. The molecule has 0 radical (unpaired) electrons. The van der Waals surface area contributed by atoms with Crippen LogP contribution >= 0.6 is 0 Å². The molecule has 1 aromatic rings. The zero-order chi connectivity index (χ0) is 12.8. The van der Waals surface area contributed by atoms with Crippen LogP contribution in [-0.4, -0.2) is 34.5 Å². The third-order valence-electron chi connectivity index (χ3n) is 2.15. The topological polar surface area (TPSA) is 66.8 Å². The smallest absolute Gasteiger partial charge is 0.263 e. The summed E-state index contributed by atoms with van der Waals surface area (Å²) in [7, 11) is 1.37. The number of hydrogen-bond donors (Lipinski definition) is 0. The van der Waals surface area contributed by atoms with Gasteiger partial charge in [0.25, 0.3) is 5.91 Å². The summed E-state index contributed by atoms with van der Waals surface area (Å²) in [6.45, 7) is 0. The number of nitrogens with zero attached hydrogens (tertiary/aromatic N) is 2. The van der Waals surface area contributed by atoms with Gasteiger partial charge in [0.1, 0.15) is 0 Å². The molecule has 0 spiro atoms. The molecule has 1 aromatic carbocycles. The second-order valence-electron chi connectivity index (χ2n) is 3.70. The largest absolute Gasteiger partial charge is 0.346 e. The Morgan fingerprint density at radius 1 is 1.35 bits per heavy atom. The van der Waals surface area contributed by atoms with Gasteiger partial charge in [0.05, 0.1) is 16.6 Å². The van der Waals surface area contributed by atoms with Crippen LogP contribution in [0.1, 0.15) is 5.56 Å². The van der Waals surface area contributed by atoms with Gasteiger partial charge in [-0.15, -0.1) is 4.91 Å². The van der Waals surface area contributed by atoms with Crippen LogP contribution in [-0.2, 0) is 21.3 Å². The van der Waals surface area contributed by atoms with E-state index in [2.05, 4.69) is 5.18 Å². The normalized spacial score (nSPS) is 13.8. The van der Waals surface area contributed by atoms with Gasteiger partial charge < -0.3 is 4.90 Å². The molecule has 0 saturated heterocycles. The maximum atomic E-state index is 11.9. The molecule has 2 atom stereocenters. The maximum absolute atomic E-state index is 11.9. The van der Waals surface area contributed by atoms with Gasteiger partial charge in [-0.2, -0.15) is 0 Å². The molecule has 0 fully saturated rings. The van der Waals surface area contributed by atoms with Gasteiger partial charge in [0.15, 0.2) is 0 Å². The van der Waals surface area contributed by atoms with Crippen molar-refractivity contribution in [3.05, 3.63) is 40.8 Å². The lowest BCUT2D eigenvalue weighted by molar-refractivity contribution is -0.128. The molecule has 2 unspecified atom stereocenters. The molecule has 1 rings (SSSR count). The van der Waals surface area contributed by atoms with Crippen molar-refractivity contribution in [2.75, 3.05) is 14.1 Å². The predicted octanol–water partition coefficient (Wildman–Crippen LogP) is 1.12. The molecule has 6 heteroatoms. The van der Waals surface area contributed by atoms with Crippen LogP contribution in [0.2, 0.25) is 0 Å². The lowest BCUT2D eigenvalue weighted by Gasteiger charge is -2.14. The Balaban J connectivity index is 2.75. The van der Waals surface area contributed by atoms with Gasteiger partial charge in [-0.1, -0.05) is 30.3 Å². The fourth-order valence-electron chi connectivity index (χ4n) is 1.24. The fourth-order valence-corrected chi connectivity index (χ4v) is 2.45. The minimum absolute atomic E-state index is 0.150. The van der Waals surface area contributed by atoms with Crippen molar-refractivity contribution in [1.82, 2.24) is 4.90 Å². The molecule has 0 N–H and O–H groups in total. The first-order chi connectivity index (χ1) is 8.06. The number of carbonyl (C=O) groups excluding carboxylic acids is 1. The van der Waals surface area contributed by atoms with Gasteiger partial charge >= 0.3 is 0 Å². The summed E-state index contributed by atoms with van der Waals surface area (Å²) in [5, 5.41) is 1.34. The second-order valence-corrected chi connectivity index (χ2v) is 5.20. The van der Waals surface area contributed by atoms with Gasteiger partial charge in [0, 0.05) is 14.1 Å². The van der Waals surface area contributed by atoms with E-state index in [1.807, 2.05) is 18.2 Å². The average Bonchev–Trinajstić information content (AvgIpc) is 2.30. The van der Waals surface area contributed by atoms with Crippen LogP contribution in [0.15, 0.2) is 35.5 Å². The summed E-state index contributed by atoms with van der Waals surface area (Å²) < 4.78 is 11.9. The molecule has 1 amide bonds. The maximum Gasteiger partial charge on any atom is 0.263 e. The Labute approximate surface area is 102 Å². The van der Waals surface area contributed by atoms with Crippen LogP contribution in [0.25, 0.3) is 0 Å². The summed E-state index contributed by atoms with van der Waals surface area (Å²) >= 11 is 0. The van der Waals surface area contributed by atoms with E-state index in [9.17, 15) is 13.9 Å². The molecule has 0 aliphatic heterocycles. The molecule has 0 aromatic heterocycles. The molecule has 0 saturated carbocycles. The number of benzene rings is 1. The van der Waals surface area contributed by atoms with Gasteiger partial charge in [-0.05, 0) is 10.7 Å². The molecule has 0 heterocycles. The minimum atomic E-state index is -1.63. The van der Waals surface area contributed by atoms with E-state index in [4.69, 9.17) is 0 Å². The molecule has 0 aliphatic carbocycles. The molecular formula is C11H14N2O3S. The highest BCUT2D eigenvalue weighted by Gasteiger charge is 2.27. The number of hydrogen-bond acceptors (Lipinski definition) is 4. The van der Waals surface area contributed by atoms with E-state index in [-0.39, 0.29) is 5.75 Å². The summed E-state index contributed by atoms with van der Waals surface area (Å²) in [4.78, 5) is 23.4. The number of rotatable bonds is 5. The zero-order valence-corrected chi connectivity index (χ0v) is 10.5. The first kappa shape index (κ1) is 13.5. The summed E-state index contributed by atoms with van der Waals surface area (Å²) in [6.07, 6.45) is 0. The Morgan fingerprint density at radius 2 is 1.94 bits per heavy atom. The van der Waals surface area contributed by atoms with E-state index in [0.717, 1.165) is 5.56 Å². The highest BCUT2D eigenvalue weighted by atomic mass is 32.2. The van der Waals surface area contributed by atoms with Crippen molar-refractivity contribution in [2.45, 2.75) is 11.1 Å². The Morgan fingerprint density at radius 3 is 2.41 bits per heavy atom. The molecular weight excluding hydrogens is 240 g/mol. The average molecular weight is 254 g/mol. The molecule has 5 nitrogen and oxygen atoms in total. The highest BCUT2D eigenvalue weighted by Crippen LogP contribution is 2.09. The molecule has 92 valence electrons. The van der Waals surface area contributed by atoms with E-state index < -0.39 is 22.1 Å². The van der Waals surface area contributed by atoms with Crippen molar-refractivity contribution in [3.63, 3.8) is 0 Å². The minimum Gasteiger partial charge on any atom is -0.346 e. The SMILES string of the molecule is CN(C)C(=O)C(N=O)S(=O)Cc1ccccc1. The van der Waals surface area contributed by atoms with Gasteiger partial charge in [0.2, 0.25) is 5.37 Å². The van der Waals surface area contributed by atoms with E-state index in [1.165, 1.54) is 19.0 Å². The van der Waals surface area contributed by atoms with Crippen molar-refractivity contribution < 1.29 is 9.00 Å². The standard InChI is InChI=1S/C11H14N2O3S/c1-13(2)11(14)10(12-15)17(16)8-9-6-4-3-5-7-9/h3-7,10H,8H2,1-2H3. The summed E-state index contributed by atoms with van der Waals surface area (Å²) in [6, 6.07) is 9.04. The van der Waals surface area contributed by atoms with Crippen LogP contribution in [0, 0.1) is 4.91 Å². The Bertz CT molecular complexity index is 420. The lowest BCUT2D eigenvalue weighted by atomic mass is 10.2. The first-order valence-corrected chi connectivity index (χ1v) is 6.39. The van der Waals surface area contributed by atoms with Crippen LogP contribution in [0.4, 0.5) is 0 Å². The van der Waals surface area contributed by atoms with Crippen molar-refractivity contribution in [1.29, 1.82) is 0 Å². The predicted molar refractivity (Wildman–Crippen MR) is 66.6 cm³/mol. The number of amides is 1. The summed E-state index contributed by atoms with van der Waals surface area (Å²) in [5.74, 6) is -0.383.